The Balaban J connectivity index is 0.00000141. The van der Waals surface area contributed by atoms with Crippen LogP contribution in [-0.2, 0) is 10.9 Å². The van der Waals surface area contributed by atoms with Crippen LogP contribution in [0, 0.1) is 6.92 Å². The van der Waals surface area contributed by atoms with Crippen LogP contribution in [0.15, 0.2) is 42.7 Å². The molecule has 0 aliphatic rings. The van der Waals surface area contributed by atoms with Gasteiger partial charge in [-0.1, -0.05) is 31.5 Å². The fraction of sp³-hybridized carbons (Fsp3) is 0.238. The van der Waals surface area contributed by atoms with Gasteiger partial charge in [0.05, 0.1) is 23.9 Å². The molecule has 8 nitrogen and oxygen atoms in total. The number of methoxy groups -OCH3 is 1. The van der Waals surface area contributed by atoms with Crippen molar-refractivity contribution in [3.05, 3.63) is 59.9 Å². The van der Waals surface area contributed by atoms with Gasteiger partial charge in [0.2, 0.25) is 11.6 Å². The van der Waals surface area contributed by atoms with Crippen molar-refractivity contribution in [3.8, 4) is 17.1 Å². The average molecular weight is 444 g/mol. The predicted molar refractivity (Wildman–Crippen MR) is 110 cm³/mol. The molecule has 166 valence electrons. The van der Waals surface area contributed by atoms with Crippen LogP contribution in [0.2, 0.25) is 0 Å². The zero-order chi connectivity index (χ0) is 23.5. The lowest BCUT2D eigenvalue weighted by Crippen LogP contribution is -2.11. The first-order chi connectivity index (χ1) is 15.3. The monoisotopic (exact) mass is 444 g/mol. The standard InChI is InChI=1S/C19H13F3N6O2.C2H6/c1-10-3-5-11(6-4-10)28-16-12(9-24-15(26-16)17(29)30-2)14(27-28)13-7-8-23-18(25-13)19(20,21)22;1-2/h3-9H,1-2H3;1-2H3. The second kappa shape index (κ2) is 9.08. The van der Waals surface area contributed by atoms with Gasteiger partial charge in [0.1, 0.15) is 5.69 Å². The maximum absolute atomic E-state index is 13.1. The molecule has 3 aromatic heterocycles. The van der Waals surface area contributed by atoms with Crippen molar-refractivity contribution in [2.24, 2.45) is 0 Å². The molecule has 3 heterocycles. The minimum atomic E-state index is -4.71. The van der Waals surface area contributed by atoms with Crippen molar-refractivity contribution in [2.75, 3.05) is 7.11 Å². The number of aromatic nitrogens is 6. The Morgan fingerprint density at radius 3 is 2.34 bits per heavy atom. The third-order valence-corrected chi connectivity index (χ3v) is 4.22. The Bertz CT molecular complexity index is 1250. The minimum absolute atomic E-state index is 0.0531. The quantitative estimate of drug-likeness (QED) is 0.432. The largest absolute Gasteiger partial charge is 0.463 e. The van der Waals surface area contributed by atoms with Gasteiger partial charge in [-0.2, -0.15) is 18.3 Å². The summed E-state index contributed by atoms with van der Waals surface area (Å²) >= 11 is 0. The molecule has 0 aliphatic carbocycles. The second-order valence-corrected chi connectivity index (χ2v) is 6.28. The van der Waals surface area contributed by atoms with Crippen molar-refractivity contribution in [1.82, 2.24) is 29.7 Å². The molecule has 0 N–H and O–H groups in total. The first-order valence-electron chi connectivity index (χ1n) is 9.59. The Morgan fingerprint density at radius 1 is 1.03 bits per heavy atom. The van der Waals surface area contributed by atoms with Crippen molar-refractivity contribution < 1.29 is 22.7 Å². The number of alkyl halides is 3. The number of fused-ring (bicyclic) bond motifs is 1. The van der Waals surface area contributed by atoms with Crippen LogP contribution >= 0.6 is 0 Å². The van der Waals surface area contributed by atoms with Crippen LogP contribution in [0.5, 0.6) is 0 Å². The highest BCUT2D eigenvalue weighted by molar-refractivity contribution is 5.93. The fourth-order valence-corrected chi connectivity index (χ4v) is 2.77. The van der Waals surface area contributed by atoms with Gasteiger partial charge in [-0.25, -0.2) is 29.4 Å². The summed E-state index contributed by atoms with van der Waals surface area (Å²) in [5.41, 5.74) is 1.89. The van der Waals surface area contributed by atoms with Gasteiger partial charge in [0.25, 0.3) is 0 Å². The van der Waals surface area contributed by atoms with E-state index in [4.69, 9.17) is 0 Å². The highest BCUT2D eigenvalue weighted by Crippen LogP contribution is 2.31. The van der Waals surface area contributed by atoms with E-state index in [1.54, 1.807) is 12.1 Å². The number of aryl methyl sites for hydroxylation is 1. The first kappa shape index (κ1) is 22.8. The van der Waals surface area contributed by atoms with E-state index in [0.29, 0.717) is 11.1 Å². The third-order valence-electron chi connectivity index (χ3n) is 4.22. The van der Waals surface area contributed by atoms with Crippen LogP contribution in [0.25, 0.3) is 28.1 Å². The summed E-state index contributed by atoms with van der Waals surface area (Å²) in [6, 6.07) is 8.54. The molecule has 4 rings (SSSR count). The smallest absolute Gasteiger partial charge is 0.451 e. The molecular weight excluding hydrogens is 425 g/mol. The fourth-order valence-electron chi connectivity index (χ4n) is 2.77. The number of rotatable bonds is 3. The van der Waals surface area contributed by atoms with E-state index in [1.807, 2.05) is 32.9 Å². The molecule has 0 spiro atoms. The molecule has 0 unspecified atom stereocenters. The van der Waals surface area contributed by atoms with E-state index in [1.165, 1.54) is 24.1 Å². The number of benzene rings is 1. The zero-order valence-electron chi connectivity index (χ0n) is 17.7. The summed E-state index contributed by atoms with van der Waals surface area (Å²) in [6.07, 6.45) is -2.40. The molecule has 1 aromatic carbocycles. The third kappa shape index (κ3) is 4.41. The number of hydrogen-bond acceptors (Lipinski definition) is 7. The Labute approximate surface area is 181 Å². The van der Waals surface area contributed by atoms with Crippen molar-refractivity contribution in [3.63, 3.8) is 0 Å². The lowest BCUT2D eigenvalue weighted by Gasteiger charge is -2.05. The molecule has 0 aliphatic heterocycles. The molecule has 32 heavy (non-hydrogen) atoms. The number of carbonyl (C=O) groups is 1. The minimum Gasteiger partial charge on any atom is -0.463 e. The van der Waals surface area contributed by atoms with Gasteiger partial charge in [0, 0.05) is 12.4 Å². The lowest BCUT2D eigenvalue weighted by molar-refractivity contribution is -0.144. The number of ether oxygens (including phenoxy) is 1. The molecule has 0 radical (unpaired) electrons. The van der Waals surface area contributed by atoms with Crippen LogP contribution in [0.4, 0.5) is 13.2 Å². The van der Waals surface area contributed by atoms with Gasteiger partial charge in [-0.05, 0) is 25.1 Å². The van der Waals surface area contributed by atoms with Gasteiger partial charge in [-0.15, -0.1) is 0 Å². The summed E-state index contributed by atoms with van der Waals surface area (Å²) in [5.74, 6) is -2.25. The van der Waals surface area contributed by atoms with Crippen LogP contribution in [-0.4, -0.2) is 42.8 Å². The number of carbonyl (C=O) groups excluding carboxylic acids is 1. The summed E-state index contributed by atoms with van der Waals surface area (Å²) in [5, 5.41) is 4.73. The van der Waals surface area contributed by atoms with E-state index in [2.05, 4.69) is 29.8 Å². The molecular formula is C21H19F3N6O2. The summed E-state index contributed by atoms with van der Waals surface area (Å²) in [7, 11) is 1.19. The summed E-state index contributed by atoms with van der Waals surface area (Å²) in [6.45, 7) is 5.91. The first-order valence-corrected chi connectivity index (χ1v) is 9.59. The lowest BCUT2D eigenvalue weighted by atomic mass is 10.2. The second-order valence-electron chi connectivity index (χ2n) is 6.28. The molecule has 0 fully saturated rings. The molecule has 11 heteroatoms. The van der Waals surface area contributed by atoms with E-state index in [9.17, 15) is 18.0 Å². The van der Waals surface area contributed by atoms with Crippen molar-refractivity contribution >= 4 is 17.0 Å². The van der Waals surface area contributed by atoms with E-state index < -0.39 is 18.0 Å². The maximum atomic E-state index is 13.1. The van der Waals surface area contributed by atoms with Crippen LogP contribution in [0.3, 0.4) is 0 Å². The highest BCUT2D eigenvalue weighted by atomic mass is 19.4. The normalized spacial score (nSPS) is 11.1. The van der Waals surface area contributed by atoms with Crippen LogP contribution < -0.4 is 0 Å². The maximum Gasteiger partial charge on any atom is 0.451 e. The molecule has 4 aromatic rings. The topological polar surface area (TPSA) is 95.7 Å². The number of nitrogens with zero attached hydrogens (tertiary/aromatic N) is 6. The predicted octanol–water partition coefficient (Wildman–Crippen LogP) is 4.41. The van der Waals surface area contributed by atoms with Gasteiger partial charge < -0.3 is 4.74 Å². The van der Waals surface area contributed by atoms with Crippen molar-refractivity contribution in [1.29, 1.82) is 0 Å². The van der Waals surface area contributed by atoms with E-state index in [0.717, 1.165) is 11.8 Å². The average Bonchev–Trinajstić information content (AvgIpc) is 3.19. The van der Waals surface area contributed by atoms with E-state index >= 15 is 0 Å². The molecule has 0 amide bonds. The SMILES string of the molecule is CC.COC(=O)c1ncc2c(-c3ccnc(C(F)(F)F)n3)nn(-c3ccc(C)cc3)c2n1. The number of hydrogen-bond donors (Lipinski definition) is 0. The Hall–Kier alpha value is -3.89. The molecule has 0 saturated carbocycles. The number of halogens is 3. The molecule has 0 atom stereocenters. The highest BCUT2D eigenvalue weighted by Gasteiger charge is 2.35. The van der Waals surface area contributed by atoms with Gasteiger partial charge in [-0.3, -0.25) is 0 Å². The summed E-state index contributed by atoms with van der Waals surface area (Å²) < 4.78 is 45.2. The Kier molecular flexibility index (Phi) is 6.47. The van der Waals surface area contributed by atoms with Gasteiger partial charge in [0.15, 0.2) is 5.65 Å². The van der Waals surface area contributed by atoms with Gasteiger partial charge >= 0.3 is 12.1 Å². The van der Waals surface area contributed by atoms with Crippen molar-refractivity contribution in [2.45, 2.75) is 26.9 Å². The van der Waals surface area contributed by atoms with E-state index in [-0.39, 0.29) is 22.9 Å². The molecule has 0 bridgehead atoms. The summed E-state index contributed by atoms with van der Waals surface area (Å²) in [4.78, 5) is 26.9. The van der Waals surface area contributed by atoms with Crippen LogP contribution in [0.1, 0.15) is 35.9 Å². The Morgan fingerprint density at radius 2 is 1.72 bits per heavy atom. The zero-order valence-corrected chi connectivity index (χ0v) is 17.7. The number of esters is 1. The molecule has 0 saturated heterocycles.